The topological polar surface area (TPSA) is 108 Å². The van der Waals surface area contributed by atoms with Crippen molar-refractivity contribution in [3.05, 3.63) is 153 Å². The monoisotopic (exact) mass is 604 g/mol. The van der Waals surface area contributed by atoms with E-state index in [0.717, 1.165) is 22.8 Å². The smallest absolute Gasteiger partial charge is 0.333 e. The molecular formula is C36H32N2O7. The number of methoxy groups -OCH3 is 1. The highest BCUT2D eigenvalue weighted by Crippen LogP contribution is 2.61. The van der Waals surface area contributed by atoms with Gasteiger partial charge in [0.15, 0.2) is 11.7 Å². The summed E-state index contributed by atoms with van der Waals surface area (Å²) in [6.07, 6.45) is 1.10. The maximum atomic E-state index is 14.9. The second-order valence-electron chi connectivity index (χ2n) is 11.3. The Balaban J connectivity index is 1.55. The number of carbonyl (C=O) groups is 2. The molecular weight excluding hydrogens is 572 g/mol. The minimum atomic E-state index is -1.70. The van der Waals surface area contributed by atoms with Gasteiger partial charge in [0.2, 0.25) is 0 Å². The first-order valence-corrected chi connectivity index (χ1v) is 14.6. The number of hydrogen-bond donors (Lipinski definition) is 0. The van der Waals surface area contributed by atoms with Crippen LogP contribution in [0.1, 0.15) is 45.4 Å². The molecule has 6 rings (SSSR count). The second kappa shape index (κ2) is 12.0. The van der Waals surface area contributed by atoms with E-state index in [4.69, 9.17) is 9.47 Å². The number of hydrogen-bond acceptors (Lipinski definition) is 7. The fourth-order valence-corrected chi connectivity index (χ4v) is 6.46. The van der Waals surface area contributed by atoms with E-state index >= 15 is 0 Å². The number of fused-ring (bicyclic) bond motifs is 2. The Hall–Kier alpha value is -5.28. The van der Waals surface area contributed by atoms with Crippen molar-refractivity contribution in [3.63, 3.8) is 0 Å². The first-order chi connectivity index (χ1) is 21.7. The maximum absolute atomic E-state index is 14.9. The van der Waals surface area contributed by atoms with Gasteiger partial charge >= 0.3 is 5.97 Å². The zero-order valence-corrected chi connectivity index (χ0v) is 25.1. The summed E-state index contributed by atoms with van der Waals surface area (Å²) in [5, 5.41) is 13.2. The van der Waals surface area contributed by atoms with Gasteiger partial charge in [-0.2, -0.15) is 0 Å². The van der Waals surface area contributed by atoms with Crippen LogP contribution in [0.15, 0.2) is 109 Å². The van der Waals surface area contributed by atoms with E-state index in [-0.39, 0.29) is 23.1 Å². The van der Waals surface area contributed by atoms with Crippen LogP contribution in [0.25, 0.3) is 0 Å². The Morgan fingerprint density at radius 1 is 0.978 bits per heavy atom. The molecule has 0 aromatic heterocycles. The highest BCUT2D eigenvalue weighted by atomic mass is 16.6. The largest absolute Gasteiger partial charge is 0.466 e. The summed E-state index contributed by atoms with van der Waals surface area (Å²) in [4.78, 5) is 41.1. The van der Waals surface area contributed by atoms with Gasteiger partial charge in [0.1, 0.15) is 5.75 Å². The molecule has 0 unspecified atom stereocenters. The quantitative estimate of drug-likeness (QED) is 0.0762. The molecule has 0 radical (unpaired) electrons. The van der Waals surface area contributed by atoms with Crippen LogP contribution in [0.5, 0.6) is 5.75 Å². The molecule has 2 aliphatic rings. The highest BCUT2D eigenvalue weighted by Gasteiger charge is 2.70. The van der Waals surface area contributed by atoms with Gasteiger partial charge in [0.05, 0.1) is 37.6 Å². The third-order valence-electron chi connectivity index (χ3n) is 8.50. The van der Waals surface area contributed by atoms with E-state index in [1.807, 2.05) is 92.7 Å². The lowest BCUT2D eigenvalue weighted by Gasteiger charge is -2.29. The molecule has 1 spiro atoms. The molecule has 0 N–H and O–H groups in total. The number of nitro groups is 1. The number of carbonyl (C=O) groups excluding carboxylic acids is 2. The fourth-order valence-electron chi connectivity index (χ4n) is 6.46. The third kappa shape index (κ3) is 5.25. The third-order valence-corrected chi connectivity index (χ3v) is 8.50. The molecule has 4 aromatic rings. The van der Waals surface area contributed by atoms with Gasteiger partial charge in [0.25, 0.3) is 11.9 Å². The summed E-state index contributed by atoms with van der Waals surface area (Å²) in [5.74, 6) is -1.70. The maximum Gasteiger partial charge on any atom is 0.333 e. The average molecular weight is 605 g/mol. The summed E-state index contributed by atoms with van der Waals surface area (Å²) >= 11 is 0. The molecule has 2 heterocycles. The van der Waals surface area contributed by atoms with Crippen molar-refractivity contribution < 1.29 is 28.7 Å². The van der Waals surface area contributed by atoms with Gasteiger partial charge in [-0.15, -0.1) is 0 Å². The Bertz CT molecular complexity index is 1790. The van der Waals surface area contributed by atoms with Crippen LogP contribution in [0.4, 0.5) is 5.69 Å². The predicted octanol–water partition coefficient (Wildman–Crippen LogP) is 6.31. The van der Waals surface area contributed by atoms with Crippen LogP contribution in [0.2, 0.25) is 0 Å². The van der Waals surface area contributed by atoms with Crippen LogP contribution >= 0.6 is 0 Å². The molecule has 2 aliphatic heterocycles. The zero-order valence-electron chi connectivity index (χ0n) is 25.1. The Kier molecular flexibility index (Phi) is 7.95. The van der Waals surface area contributed by atoms with Crippen molar-refractivity contribution in [1.29, 1.82) is 0 Å². The molecule has 228 valence electrons. The lowest BCUT2D eigenvalue weighted by molar-refractivity contribution is -0.531. The van der Waals surface area contributed by atoms with Crippen molar-refractivity contribution in [2.24, 2.45) is 0 Å². The number of aryl methyl sites for hydroxylation is 2. The lowest BCUT2D eigenvalue weighted by atomic mass is 9.74. The van der Waals surface area contributed by atoms with E-state index in [1.54, 1.807) is 23.1 Å². The number of nitrogens with zero attached hydrogens (tertiary/aromatic N) is 2. The summed E-state index contributed by atoms with van der Waals surface area (Å²) in [7, 11) is 1.25. The van der Waals surface area contributed by atoms with E-state index in [9.17, 15) is 19.7 Å². The minimum absolute atomic E-state index is 0.261. The predicted molar refractivity (Wildman–Crippen MR) is 167 cm³/mol. The molecule has 4 atom stereocenters. The van der Waals surface area contributed by atoms with Crippen LogP contribution in [0.3, 0.4) is 0 Å². The number of ether oxygens (including phenoxy) is 3. The summed E-state index contributed by atoms with van der Waals surface area (Å²) in [6, 6.07) is 28.3. The van der Waals surface area contributed by atoms with Crippen molar-refractivity contribution >= 4 is 17.6 Å². The van der Waals surface area contributed by atoms with Crippen molar-refractivity contribution in [3.8, 4) is 5.75 Å². The number of rotatable bonds is 8. The molecule has 9 nitrogen and oxygen atoms in total. The van der Waals surface area contributed by atoms with Crippen molar-refractivity contribution in [2.45, 2.75) is 44.1 Å². The molecule has 0 aliphatic carbocycles. The van der Waals surface area contributed by atoms with Crippen LogP contribution in [-0.4, -0.2) is 30.0 Å². The van der Waals surface area contributed by atoms with Crippen LogP contribution in [-0.2, 0) is 31.2 Å². The van der Waals surface area contributed by atoms with E-state index in [1.165, 1.54) is 13.4 Å². The number of benzene rings is 4. The molecule has 4 aromatic carbocycles. The van der Waals surface area contributed by atoms with Gasteiger partial charge in [-0.25, -0.2) is 4.79 Å². The molecule has 1 amide bonds. The normalized spacial score (nSPS) is 22.2. The molecule has 0 saturated carbocycles. The van der Waals surface area contributed by atoms with Gasteiger partial charge in [-0.1, -0.05) is 90.0 Å². The van der Waals surface area contributed by atoms with Gasteiger partial charge in [-0.05, 0) is 43.2 Å². The van der Waals surface area contributed by atoms with Gasteiger partial charge in [0, 0.05) is 16.1 Å². The summed E-state index contributed by atoms with van der Waals surface area (Å²) in [6.45, 7) is 4.07. The van der Waals surface area contributed by atoms with Gasteiger partial charge < -0.3 is 19.1 Å². The number of amides is 1. The second-order valence-corrected chi connectivity index (χ2v) is 11.3. The average Bonchev–Trinajstić information content (AvgIpc) is 3.52. The first-order valence-electron chi connectivity index (χ1n) is 14.6. The summed E-state index contributed by atoms with van der Waals surface area (Å²) < 4.78 is 17.4. The van der Waals surface area contributed by atoms with Gasteiger partial charge in [-0.3, -0.25) is 14.9 Å². The zero-order chi connectivity index (χ0) is 31.7. The standard InChI is InChI=1S/C36H32N2O7/c1-23-13-16-26(17-14-23)32-33(38(41)42)34(27-21-24(2)15-18-30(27)44-20-19-31(39)43-3)45-36(32)28-11-7-8-12-29(28)37(35(36)40)22-25-9-5-4-6-10-25/h4-21,32-34H,22H2,1-3H3/b20-19+/t32-,33-,34-,36+/m0/s1. The molecule has 0 bridgehead atoms. The number of esters is 1. The first kappa shape index (κ1) is 29.8. The van der Waals surface area contributed by atoms with Crippen molar-refractivity contribution in [1.82, 2.24) is 0 Å². The van der Waals surface area contributed by atoms with Crippen molar-refractivity contribution in [2.75, 3.05) is 12.0 Å². The Morgan fingerprint density at radius 2 is 1.67 bits per heavy atom. The van der Waals surface area contributed by atoms with E-state index in [0.29, 0.717) is 22.4 Å². The van der Waals surface area contributed by atoms with Crippen LogP contribution < -0.4 is 9.64 Å². The number of para-hydroxylation sites is 1. The lowest BCUT2D eigenvalue weighted by Crippen LogP contribution is -2.45. The molecule has 9 heteroatoms. The van der Waals surface area contributed by atoms with E-state index < -0.39 is 29.6 Å². The molecule has 1 fully saturated rings. The minimum Gasteiger partial charge on any atom is -0.466 e. The molecule has 45 heavy (non-hydrogen) atoms. The summed E-state index contributed by atoms with van der Waals surface area (Å²) in [5.41, 5.74) is 3.25. The number of anilines is 1. The van der Waals surface area contributed by atoms with E-state index in [2.05, 4.69) is 4.74 Å². The highest BCUT2D eigenvalue weighted by molar-refractivity contribution is 6.08. The van der Waals surface area contributed by atoms with Crippen LogP contribution in [0, 0.1) is 24.0 Å². The fraction of sp³-hybridized carbons (Fsp3) is 0.222. The Labute approximate surface area is 260 Å². The molecule has 1 saturated heterocycles. The Morgan fingerprint density at radius 3 is 2.38 bits per heavy atom. The SMILES string of the molecule is COC(=O)/C=C/Oc1ccc(C)cc1[C@@H]1O[C@@]2(C(=O)N(Cc3ccccc3)c3ccccc32)[C@@H](c2ccc(C)cc2)[C@@H]1[N+](=O)[O-].